The second-order valence-corrected chi connectivity index (χ2v) is 4.42. The number of rotatable bonds is 4. The molecule has 0 aliphatic carbocycles. The van der Waals surface area contributed by atoms with E-state index in [0.717, 1.165) is 24.6 Å². The van der Waals surface area contributed by atoms with Crippen molar-refractivity contribution in [3.05, 3.63) is 48.6 Å². The van der Waals surface area contributed by atoms with Gasteiger partial charge < -0.3 is 10.2 Å². The largest absolute Gasteiger partial charge is 0.358 e. The zero-order chi connectivity index (χ0) is 11.4. The molecule has 1 heterocycles. The maximum Gasteiger partial charge on any atom is 0.169 e. The predicted octanol–water partition coefficient (Wildman–Crippen LogP) is 1.97. The SMILES string of the molecule is C=CCN1CC(Cc2ccccc2)NC1=S. The Morgan fingerprint density at radius 1 is 1.44 bits per heavy atom. The van der Waals surface area contributed by atoms with Crippen molar-refractivity contribution in [2.45, 2.75) is 12.5 Å². The highest BCUT2D eigenvalue weighted by Crippen LogP contribution is 2.10. The molecule has 0 spiro atoms. The number of hydrogen-bond donors (Lipinski definition) is 1. The van der Waals surface area contributed by atoms with Gasteiger partial charge in [0.25, 0.3) is 0 Å². The molecule has 0 amide bonds. The Morgan fingerprint density at radius 3 is 2.88 bits per heavy atom. The first-order valence-electron chi connectivity index (χ1n) is 5.50. The molecule has 1 aliphatic rings. The highest BCUT2D eigenvalue weighted by atomic mass is 32.1. The molecular formula is C13H16N2S. The van der Waals surface area contributed by atoms with E-state index in [1.54, 1.807) is 0 Å². The molecule has 84 valence electrons. The summed E-state index contributed by atoms with van der Waals surface area (Å²) in [5.74, 6) is 0. The highest BCUT2D eigenvalue weighted by molar-refractivity contribution is 7.80. The summed E-state index contributed by atoms with van der Waals surface area (Å²) in [6, 6.07) is 10.9. The number of thiocarbonyl (C=S) groups is 1. The standard InChI is InChI=1S/C13H16N2S/c1-2-8-15-10-12(14-13(15)16)9-11-6-4-3-5-7-11/h2-7,12H,1,8-10H2,(H,14,16). The van der Waals surface area contributed by atoms with Gasteiger partial charge in [-0.15, -0.1) is 6.58 Å². The van der Waals surface area contributed by atoms with Gasteiger partial charge in [0.05, 0.1) is 0 Å². The molecule has 1 aromatic carbocycles. The van der Waals surface area contributed by atoms with Crippen LogP contribution in [-0.2, 0) is 6.42 Å². The van der Waals surface area contributed by atoms with Gasteiger partial charge in [0.15, 0.2) is 5.11 Å². The molecule has 0 radical (unpaired) electrons. The van der Waals surface area contributed by atoms with Crippen LogP contribution < -0.4 is 5.32 Å². The minimum absolute atomic E-state index is 0.426. The predicted molar refractivity (Wildman–Crippen MR) is 71.4 cm³/mol. The van der Waals surface area contributed by atoms with Gasteiger partial charge in [-0.2, -0.15) is 0 Å². The number of nitrogens with one attached hydrogen (secondary N) is 1. The summed E-state index contributed by atoms with van der Waals surface area (Å²) in [5, 5.41) is 4.19. The van der Waals surface area contributed by atoms with Crippen molar-refractivity contribution in [2.24, 2.45) is 0 Å². The molecule has 1 aromatic rings. The molecule has 1 atom stereocenters. The van der Waals surface area contributed by atoms with Crippen molar-refractivity contribution in [1.29, 1.82) is 0 Å². The third kappa shape index (κ3) is 2.61. The fourth-order valence-corrected chi connectivity index (χ4v) is 2.30. The average molecular weight is 232 g/mol. The van der Waals surface area contributed by atoms with Gasteiger partial charge in [0, 0.05) is 19.1 Å². The second kappa shape index (κ2) is 5.12. The smallest absolute Gasteiger partial charge is 0.169 e. The van der Waals surface area contributed by atoms with Crippen LogP contribution >= 0.6 is 12.2 Å². The normalized spacial score (nSPS) is 19.6. The molecule has 2 rings (SSSR count). The fraction of sp³-hybridized carbons (Fsp3) is 0.308. The summed E-state index contributed by atoms with van der Waals surface area (Å²) in [7, 11) is 0. The maximum absolute atomic E-state index is 5.27. The van der Waals surface area contributed by atoms with Crippen LogP contribution in [0.2, 0.25) is 0 Å². The van der Waals surface area contributed by atoms with Gasteiger partial charge in [-0.3, -0.25) is 0 Å². The zero-order valence-corrected chi connectivity index (χ0v) is 10.0. The summed E-state index contributed by atoms with van der Waals surface area (Å²) in [4.78, 5) is 2.15. The molecule has 1 aliphatic heterocycles. The average Bonchev–Trinajstić information content (AvgIpc) is 2.61. The molecule has 2 nitrogen and oxygen atoms in total. The van der Waals surface area contributed by atoms with Gasteiger partial charge in [0.2, 0.25) is 0 Å². The van der Waals surface area contributed by atoms with Gasteiger partial charge in [0.1, 0.15) is 0 Å². The summed E-state index contributed by atoms with van der Waals surface area (Å²) in [6.07, 6.45) is 2.91. The minimum atomic E-state index is 0.426. The van der Waals surface area contributed by atoms with E-state index >= 15 is 0 Å². The van der Waals surface area contributed by atoms with E-state index in [2.05, 4.69) is 41.1 Å². The van der Waals surface area contributed by atoms with Crippen LogP contribution in [0.4, 0.5) is 0 Å². The van der Waals surface area contributed by atoms with E-state index in [4.69, 9.17) is 12.2 Å². The molecule has 16 heavy (non-hydrogen) atoms. The van der Waals surface area contributed by atoms with Crippen LogP contribution in [0.3, 0.4) is 0 Å². The number of hydrogen-bond acceptors (Lipinski definition) is 1. The third-order valence-electron chi connectivity index (χ3n) is 2.73. The minimum Gasteiger partial charge on any atom is -0.358 e. The number of benzene rings is 1. The summed E-state index contributed by atoms with van der Waals surface area (Å²) in [5.41, 5.74) is 1.35. The maximum atomic E-state index is 5.27. The Morgan fingerprint density at radius 2 is 2.19 bits per heavy atom. The van der Waals surface area contributed by atoms with Gasteiger partial charge >= 0.3 is 0 Å². The third-order valence-corrected chi connectivity index (χ3v) is 3.11. The lowest BCUT2D eigenvalue weighted by atomic mass is 10.1. The van der Waals surface area contributed by atoms with Crippen LogP contribution in [0.5, 0.6) is 0 Å². The Kier molecular flexibility index (Phi) is 3.57. The summed E-state index contributed by atoms with van der Waals surface area (Å²) in [6.45, 7) is 5.54. The van der Waals surface area contributed by atoms with Crippen LogP contribution in [0.25, 0.3) is 0 Å². The van der Waals surface area contributed by atoms with Crippen molar-refractivity contribution >= 4 is 17.3 Å². The lowest BCUT2D eigenvalue weighted by Crippen LogP contribution is -2.29. The zero-order valence-electron chi connectivity index (χ0n) is 9.23. The molecule has 3 heteroatoms. The van der Waals surface area contributed by atoms with Gasteiger partial charge in [-0.05, 0) is 24.2 Å². The van der Waals surface area contributed by atoms with E-state index in [1.165, 1.54) is 5.56 Å². The van der Waals surface area contributed by atoms with Crippen LogP contribution in [0.15, 0.2) is 43.0 Å². The van der Waals surface area contributed by atoms with Crippen LogP contribution in [0, 0.1) is 0 Å². The number of nitrogens with zero attached hydrogens (tertiary/aromatic N) is 1. The first-order valence-corrected chi connectivity index (χ1v) is 5.90. The van der Waals surface area contributed by atoms with E-state index in [-0.39, 0.29) is 0 Å². The molecule has 1 fully saturated rings. The second-order valence-electron chi connectivity index (χ2n) is 4.03. The first kappa shape index (κ1) is 11.1. The Bertz CT molecular complexity index is 375. The van der Waals surface area contributed by atoms with Crippen molar-refractivity contribution in [3.63, 3.8) is 0 Å². The Labute approximate surface area is 102 Å². The van der Waals surface area contributed by atoms with Crippen molar-refractivity contribution in [3.8, 4) is 0 Å². The first-order chi connectivity index (χ1) is 7.79. The quantitative estimate of drug-likeness (QED) is 0.631. The fourth-order valence-electron chi connectivity index (χ4n) is 1.99. The van der Waals surface area contributed by atoms with Gasteiger partial charge in [-0.1, -0.05) is 36.4 Å². The summed E-state index contributed by atoms with van der Waals surface area (Å²) < 4.78 is 0. The molecule has 0 bridgehead atoms. The summed E-state index contributed by atoms with van der Waals surface area (Å²) >= 11 is 5.27. The lowest BCUT2D eigenvalue weighted by molar-refractivity contribution is 0.472. The molecule has 1 N–H and O–H groups in total. The van der Waals surface area contributed by atoms with Crippen LogP contribution in [0.1, 0.15) is 5.56 Å². The van der Waals surface area contributed by atoms with Crippen LogP contribution in [-0.4, -0.2) is 29.1 Å². The molecule has 1 unspecified atom stereocenters. The van der Waals surface area contributed by atoms with E-state index in [9.17, 15) is 0 Å². The molecule has 0 saturated carbocycles. The van der Waals surface area contributed by atoms with E-state index < -0.39 is 0 Å². The monoisotopic (exact) mass is 232 g/mol. The van der Waals surface area contributed by atoms with Gasteiger partial charge in [-0.25, -0.2) is 0 Å². The van der Waals surface area contributed by atoms with E-state index in [0.29, 0.717) is 6.04 Å². The van der Waals surface area contributed by atoms with Crippen molar-refractivity contribution in [2.75, 3.05) is 13.1 Å². The Hall–Kier alpha value is -1.35. The van der Waals surface area contributed by atoms with Crippen molar-refractivity contribution < 1.29 is 0 Å². The lowest BCUT2D eigenvalue weighted by Gasteiger charge is -2.13. The highest BCUT2D eigenvalue weighted by Gasteiger charge is 2.24. The molecule has 0 aromatic heterocycles. The Balaban J connectivity index is 1.94. The van der Waals surface area contributed by atoms with E-state index in [1.807, 2.05) is 12.1 Å². The molecule has 1 saturated heterocycles. The topological polar surface area (TPSA) is 15.3 Å². The molecular weight excluding hydrogens is 216 g/mol. The van der Waals surface area contributed by atoms with Crippen molar-refractivity contribution in [1.82, 2.24) is 10.2 Å².